The van der Waals surface area contributed by atoms with Crippen molar-refractivity contribution in [2.75, 3.05) is 0 Å². The largest absolute Gasteiger partial charge is 0.416 e. The van der Waals surface area contributed by atoms with Crippen molar-refractivity contribution >= 4 is 15.9 Å². The summed E-state index contributed by atoms with van der Waals surface area (Å²) >= 11 is 3.06. The normalized spacial score (nSPS) is 13.0. The second kappa shape index (κ2) is 3.81. The van der Waals surface area contributed by atoms with E-state index >= 15 is 0 Å². The van der Waals surface area contributed by atoms with Gasteiger partial charge in [0.15, 0.2) is 0 Å². The number of halogens is 4. The summed E-state index contributed by atoms with van der Waals surface area (Å²) in [6, 6.07) is 4.28. The highest BCUT2D eigenvalue weighted by Gasteiger charge is 2.36. The second-order valence-electron chi connectivity index (χ2n) is 4.44. The molecule has 0 saturated carbocycles. The highest BCUT2D eigenvalue weighted by atomic mass is 79.9. The van der Waals surface area contributed by atoms with Crippen LogP contribution in [-0.4, -0.2) is 0 Å². The van der Waals surface area contributed by atoms with Gasteiger partial charge in [-0.25, -0.2) is 0 Å². The Bertz CT molecular complexity index is 361. The van der Waals surface area contributed by atoms with Gasteiger partial charge in [0.1, 0.15) is 0 Å². The van der Waals surface area contributed by atoms with Gasteiger partial charge < -0.3 is 0 Å². The van der Waals surface area contributed by atoms with Crippen LogP contribution in [0.2, 0.25) is 0 Å². The van der Waals surface area contributed by atoms with Crippen molar-refractivity contribution in [1.82, 2.24) is 0 Å². The SMILES string of the molecule is CC(C)(C)c1ccc(Br)cc1C(F)(F)F. The van der Waals surface area contributed by atoms with Crippen LogP contribution >= 0.6 is 15.9 Å². The summed E-state index contributed by atoms with van der Waals surface area (Å²) in [6.45, 7) is 5.31. The third-order valence-corrected chi connectivity index (χ3v) is 2.59. The number of hydrogen-bond donors (Lipinski definition) is 0. The molecule has 0 heterocycles. The molecule has 0 aliphatic carbocycles. The molecule has 0 saturated heterocycles. The minimum absolute atomic E-state index is 0.318. The van der Waals surface area contributed by atoms with Gasteiger partial charge in [-0.2, -0.15) is 13.2 Å². The van der Waals surface area contributed by atoms with E-state index in [1.54, 1.807) is 26.8 Å². The van der Waals surface area contributed by atoms with Crippen LogP contribution in [0.15, 0.2) is 22.7 Å². The van der Waals surface area contributed by atoms with E-state index in [2.05, 4.69) is 15.9 Å². The Balaban J connectivity index is 3.41. The quantitative estimate of drug-likeness (QED) is 0.642. The standard InChI is InChI=1S/C11H12BrF3/c1-10(2,3)8-5-4-7(12)6-9(8)11(13,14)15/h4-6H,1-3H3. The lowest BCUT2D eigenvalue weighted by atomic mass is 9.83. The molecule has 1 aromatic carbocycles. The zero-order valence-corrected chi connectivity index (χ0v) is 10.3. The first-order valence-corrected chi connectivity index (χ1v) is 5.29. The van der Waals surface area contributed by atoms with E-state index in [1.165, 1.54) is 6.07 Å². The topological polar surface area (TPSA) is 0 Å². The molecule has 0 bridgehead atoms. The lowest BCUT2D eigenvalue weighted by Crippen LogP contribution is -2.19. The van der Waals surface area contributed by atoms with Gasteiger partial charge in [0.2, 0.25) is 0 Å². The molecule has 15 heavy (non-hydrogen) atoms. The summed E-state index contributed by atoms with van der Waals surface area (Å²) in [4.78, 5) is 0. The summed E-state index contributed by atoms with van der Waals surface area (Å²) in [5.74, 6) is 0. The summed E-state index contributed by atoms with van der Waals surface area (Å²) < 4.78 is 38.7. The molecule has 0 nitrogen and oxygen atoms in total. The predicted molar refractivity (Wildman–Crippen MR) is 57.8 cm³/mol. The third-order valence-electron chi connectivity index (χ3n) is 2.10. The van der Waals surface area contributed by atoms with Crippen molar-refractivity contribution in [3.63, 3.8) is 0 Å². The zero-order valence-electron chi connectivity index (χ0n) is 8.74. The Morgan fingerprint density at radius 3 is 1.93 bits per heavy atom. The fraction of sp³-hybridized carbons (Fsp3) is 0.455. The van der Waals surface area contributed by atoms with Gasteiger partial charge in [0.25, 0.3) is 0 Å². The van der Waals surface area contributed by atoms with Crippen LogP contribution < -0.4 is 0 Å². The van der Waals surface area contributed by atoms with Crippen LogP contribution in [0.3, 0.4) is 0 Å². The Kier molecular flexibility index (Phi) is 3.19. The molecule has 0 aromatic heterocycles. The van der Waals surface area contributed by atoms with Crippen molar-refractivity contribution in [2.45, 2.75) is 32.4 Å². The van der Waals surface area contributed by atoms with Crippen LogP contribution in [0, 0.1) is 0 Å². The van der Waals surface area contributed by atoms with E-state index < -0.39 is 17.2 Å². The summed E-state index contributed by atoms with van der Waals surface area (Å²) in [5, 5.41) is 0. The van der Waals surface area contributed by atoms with Crippen molar-refractivity contribution in [1.29, 1.82) is 0 Å². The van der Waals surface area contributed by atoms with Gasteiger partial charge in [-0.3, -0.25) is 0 Å². The molecule has 0 unspecified atom stereocenters. The first-order valence-electron chi connectivity index (χ1n) is 4.49. The maximum atomic E-state index is 12.7. The zero-order chi connectivity index (χ0) is 11.9. The van der Waals surface area contributed by atoms with Crippen molar-refractivity contribution in [2.24, 2.45) is 0 Å². The molecular weight excluding hydrogens is 269 g/mol. The van der Waals surface area contributed by atoms with Gasteiger partial charge in [0, 0.05) is 4.47 Å². The van der Waals surface area contributed by atoms with E-state index in [0.29, 0.717) is 10.0 Å². The fourth-order valence-electron chi connectivity index (χ4n) is 1.41. The average Bonchev–Trinajstić information content (AvgIpc) is 2.00. The molecule has 1 rings (SSSR count). The third kappa shape index (κ3) is 2.97. The first-order chi connectivity index (χ1) is 6.62. The average molecular weight is 281 g/mol. The number of alkyl halides is 3. The second-order valence-corrected chi connectivity index (χ2v) is 5.35. The number of hydrogen-bond acceptors (Lipinski definition) is 0. The smallest absolute Gasteiger partial charge is 0.166 e. The molecule has 4 heteroatoms. The maximum absolute atomic E-state index is 12.7. The summed E-state index contributed by atoms with van der Waals surface area (Å²) in [5.41, 5.74) is -0.756. The molecule has 0 spiro atoms. The van der Waals surface area contributed by atoms with Gasteiger partial charge in [-0.05, 0) is 23.1 Å². The minimum Gasteiger partial charge on any atom is -0.166 e. The molecule has 84 valence electrons. The maximum Gasteiger partial charge on any atom is 0.416 e. The van der Waals surface area contributed by atoms with E-state index in [1.807, 2.05) is 0 Å². The molecule has 0 aliphatic heterocycles. The lowest BCUT2D eigenvalue weighted by molar-refractivity contribution is -0.138. The molecule has 0 N–H and O–H groups in total. The van der Waals surface area contributed by atoms with E-state index in [9.17, 15) is 13.2 Å². The lowest BCUT2D eigenvalue weighted by Gasteiger charge is -2.24. The van der Waals surface area contributed by atoms with Gasteiger partial charge in [-0.1, -0.05) is 42.8 Å². The van der Waals surface area contributed by atoms with E-state index in [0.717, 1.165) is 6.07 Å². The summed E-state index contributed by atoms with van der Waals surface area (Å²) in [6.07, 6.45) is -4.30. The fourth-order valence-corrected chi connectivity index (χ4v) is 1.77. The van der Waals surface area contributed by atoms with Gasteiger partial charge in [-0.15, -0.1) is 0 Å². The summed E-state index contributed by atoms with van der Waals surface area (Å²) in [7, 11) is 0. The van der Waals surface area contributed by atoms with Crippen molar-refractivity contribution in [3.8, 4) is 0 Å². The van der Waals surface area contributed by atoms with E-state index in [-0.39, 0.29) is 0 Å². The molecule has 0 amide bonds. The van der Waals surface area contributed by atoms with Crippen LogP contribution in [-0.2, 0) is 11.6 Å². The molecule has 0 radical (unpaired) electrons. The van der Waals surface area contributed by atoms with Crippen LogP contribution in [0.4, 0.5) is 13.2 Å². The Hall–Kier alpha value is -0.510. The monoisotopic (exact) mass is 280 g/mol. The Morgan fingerprint density at radius 2 is 1.53 bits per heavy atom. The molecule has 0 aliphatic rings. The minimum atomic E-state index is -4.30. The number of rotatable bonds is 0. The number of benzene rings is 1. The van der Waals surface area contributed by atoms with Crippen LogP contribution in [0.25, 0.3) is 0 Å². The Labute approximate surface area is 95.6 Å². The first kappa shape index (κ1) is 12.6. The predicted octanol–water partition coefficient (Wildman–Crippen LogP) is 4.77. The van der Waals surface area contributed by atoms with Gasteiger partial charge in [0.05, 0.1) is 5.56 Å². The van der Waals surface area contributed by atoms with Crippen LogP contribution in [0.1, 0.15) is 31.9 Å². The molecule has 1 aromatic rings. The van der Waals surface area contributed by atoms with Crippen LogP contribution in [0.5, 0.6) is 0 Å². The van der Waals surface area contributed by atoms with Gasteiger partial charge >= 0.3 is 6.18 Å². The van der Waals surface area contributed by atoms with Crippen molar-refractivity contribution in [3.05, 3.63) is 33.8 Å². The molecule has 0 fully saturated rings. The van der Waals surface area contributed by atoms with E-state index in [4.69, 9.17) is 0 Å². The highest BCUT2D eigenvalue weighted by Crippen LogP contribution is 2.38. The molecular formula is C11H12BrF3. The highest BCUT2D eigenvalue weighted by molar-refractivity contribution is 9.10. The molecule has 0 atom stereocenters. The Morgan fingerprint density at radius 1 is 1.00 bits per heavy atom. The van der Waals surface area contributed by atoms with Crippen molar-refractivity contribution < 1.29 is 13.2 Å².